The molecule has 0 bridgehead atoms. The summed E-state index contributed by atoms with van der Waals surface area (Å²) in [5.74, 6) is 0.272. The normalized spacial score (nSPS) is 15.4. The summed E-state index contributed by atoms with van der Waals surface area (Å²) in [6.45, 7) is 4.00. The minimum atomic E-state index is -0.509. The molecule has 0 saturated heterocycles. The van der Waals surface area contributed by atoms with Gasteiger partial charge in [-0.3, -0.25) is 4.79 Å². The van der Waals surface area contributed by atoms with Gasteiger partial charge in [-0.1, -0.05) is 32.4 Å². The molecule has 1 aliphatic heterocycles. The van der Waals surface area contributed by atoms with Gasteiger partial charge < -0.3 is 19.5 Å². The van der Waals surface area contributed by atoms with Crippen LogP contribution in [0.15, 0.2) is 41.3 Å². The van der Waals surface area contributed by atoms with Gasteiger partial charge in [0.1, 0.15) is 5.75 Å². The van der Waals surface area contributed by atoms with Crippen LogP contribution in [0.25, 0.3) is 0 Å². The number of rotatable bonds is 5. The van der Waals surface area contributed by atoms with Gasteiger partial charge in [-0.05, 0) is 54.6 Å². The van der Waals surface area contributed by atoms with Gasteiger partial charge >= 0.3 is 5.97 Å². The molecule has 0 unspecified atom stereocenters. The van der Waals surface area contributed by atoms with E-state index in [4.69, 9.17) is 9.47 Å². The van der Waals surface area contributed by atoms with E-state index in [0.717, 1.165) is 41.2 Å². The van der Waals surface area contributed by atoms with E-state index >= 15 is 0 Å². The van der Waals surface area contributed by atoms with Crippen LogP contribution in [0.2, 0.25) is 0 Å². The maximum absolute atomic E-state index is 12.6. The number of fused-ring (bicyclic) bond motifs is 2. The average molecular weight is 415 g/mol. The van der Waals surface area contributed by atoms with Gasteiger partial charge in [0.2, 0.25) is 5.91 Å². The van der Waals surface area contributed by atoms with Crippen molar-refractivity contribution in [1.82, 2.24) is 0 Å². The Morgan fingerprint density at radius 3 is 2.52 bits per heavy atom. The van der Waals surface area contributed by atoms with Gasteiger partial charge in [0.15, 0.2) is 0 Å². The molecule has 29 heavy (non-hydrogen) atoms. The van der Waals surface area contributed by atoms with Crippen molar-refractivity contribution in [3.05, 3.63) is 47.5 Å². The molecule has 1 amide bonds. The molecule has 0 atom stereocenters. The van der Waals surface area contributed by atoms with Crippen molar-refractivity contribution < 1.29 is 19.1 Å². The number of carbonyl (C=O) groups is 2. The van der Waals surface area contributed by atoms with Gasteiger partial charge in [-0.2, -0.15) is 0 Å². The number of anilines is 2. The fourth-order valence-electron chi connectivity index (χ4n) is 3.68. The van der Waals surface area contributed by atoms with Crippen LogP contribution in [0, 0.1) is 0 Å². The van der Waals surface area contributed by atoms with Crippen molar-refractivity contribution in [1.29, 1.82) is 0 Å². The number of carbonyl (C=O) groups excluding carboxylic acids is 2. The topological polar surface area (TPSA) is 76.7 Å². The quantitative estimate of drug-likeness (QED) is 0.530. The van der Waals surface area contributed by atoms with Gasteiger partial charge in [-0.25, -0.2) is 4.79 Å². The highest BCUT2D eigenvalue weighted by Gasteiger charge is 2.52. The molecule has 1 aliphatic carbocycles. The molecule has 0 radical (unpaired) electrons. The Morgan fingerprint density at radius 2 is 1.90 bits per heavy atom. The predicted octanol–water partition coefficient (Wildman–Crippen LogP) is 5.00. The molecule has 6 nitrogen and oxygen atoms in total. The number of para-hydroxylation sites is 1. The number of benzene rings is 2. The maximum atomic E-state index is 12.6. The molecule has 2 aliphatic rings. The average Bonchev–Trinajstić information content (AvgIpc) is 3.04. The zero-order valence-electron chi connectivity index (χ0n) is 17.1. The van der Waals surface area contributed by atoms with E-state index in [1.807, 2.05) is 44.2 Å². The van der Waals surface area contributed by atoms with E-state index in [-0.39, 0.29) is 5.91 Å². The van der Waals surface area contributed by atoms with Crippen molar-refractivity contribution in [2.75, 3.05) is 24.3 Å². The lowest BCUT2D eigenvalue weighted by Gasteiger charge is -2.36. The molecule has 2 N–H and O–H groups in total. The van der Waals surface area contributed by atoms with Crippen LogP contribution < -0.4 is 14.8 Å². The van der Waals surface area contributed by atoms with Gasteiger partial charge in [0.05, 0.1) is 35.8 Å². The molecule has 0 aromatic heterocycles. The minimum Gasteiger partial charge on any atom is -0.496 e. The van der Waals surface area contributed by atoms with Crippen LogP contribution >= 0.6 is 11.9 Å². The molecule has 7 heteroatoms. The number of nitrogens with one attached hydrogen (secondary N) is 2. The Balaban J connectivity index is 0.00000117. The second-order valence-corrected chi connectivity index (χ2v) is 7.53. The lowest BCUT2D eigenvalue weighted by molar-refractivity contribution is -0.123. The van der Waals surface area contributed by atoms with E-state index < -0.39 is 11.4 Å². The maximum Gasteiger partial charge on any atom is 0.340 e. The Labute approximate surface area is 175 Å². The molecule has 1 heterocycles. The fourth-order valence-corrected chi connectivity index (χ4v) is 4.43. The van der Waals surface area contributed by atoms with E-state index in [2.05, 4.69) is 10.0 Å². The van der Waals surface area contributed by atoms with Crippen LogP contribution in [0.4, 0.5) is 11.4 Å². The molecule has 4 rings (SSSR count). The highest BCUT2D eigenvalue weighted by atomic mass is 32.2. The highest BCUT2D eigenvalue weighted by Crippen LogP contribution is 2.53. The molecular formula is C22H26N2O4S. The van der Waals surface area contributed by atoms with Gasteiger partial charge in [0.25, 0.3) is 0 Å². The largest absolute Gasteiger partial charge is 0.496 e. The number of hydrogen-bond acceptors (Lipinski definition) is 6. The van der Waals surface area contributed by atoms with Crippen molar-refractivity contribution in [2.24, 2.45) is 0 Å². The second kappa shape index (κ2) is 8.78. The first kappa shape index (κ1) is 21.0. The molecular weight excluding hydrogens is 388 g/mol. The lowest BCUT2D eigenvalue weighted by Crippen LogP contribution is -2.40. The van der Waals surface area contributed by atoms with Crippen LogP contribution in [0.3, 0.4) is 0 Å². The minimum absolute atomic E-state index is 0.0246. The van der Waals surface area contributed by atoms with E-state index in [1.54, 1.807) is 13.2 Å². The highest BCUT2D eigenvalue weighted by molar-refractivity contribution is 8.00. The summed E-state index contributed by atoms with van der Waals surface area (Å²) in [6, 6.07) is 11.3. The SMILES string of the molecule is CC.COC(=O)c1cc(NSc2ccccc2OC)cc2c1NC(=O)C21CCC1. The predicted molar refractivity (Wildman–Crippen MR) is 116 cm³/mol. The molecule has 1 spiro atoms. The fraction of sp³-hybridized carbons (Fsp3) is 0.364. The number of methoxy groups -OCH3 is 2. The third kappa shape index (κ3) is 3.67. The van der Waals surface area contributed by atoms with Crippen molar-refractivity contribution in [3.8, 4) is 5.75 Å². The summed E-state index contributed by atoms with van der Waals surface area (Å²) >= 11 is 1.39. The summed E-state index contributed by atoms with van der Waals surface area (Å²) in [4.78, 5) is 25.8. The van der Waals surface area contributed by atoms with Crippen molar-refractivity contribution in [3.63, 3.8) is 0 Å². The third-order valence-electron chi connectivity index (χ3n) is 5.29. The lowest BCUT2D eigenvalue weighted by atomic mass is 9.65. The van der Waals surface area contributed by atoms with Crippen molar-refractivity contribution in [2.45, 2.75) is 43.4 Å². The summed E-state index contributed by atoms with van der Waals surface area (Å²) in [6.07, 6.45) is 2.61. The standard InChI is InChI=1S/C20H20N2O4S.C2H6/c1-25-15-6-3-4-7-16(15)27-22-12-10-13(18(23)26-2)17-14(11-12)20(8-5-9-20)19(24)21-17;1-2/h3-4,6-7,10-11,22H,5,8-9H2,1-2H3,(H,21,24);1-2H3. The summed E-state index contributed by atoms with van der Waals surface area (Å²) in [7, 11) is 2.97. The van der Waals surface area contributed by atoms with E-state index in [1.165, 1.54) is 19.1 Å². The zero-order chi connectivity index (χ0) is 21.0. The van der Waals surface area contributed by atoms with E-state index in [0.29, 0.717) is 11.3 Å². The summed E-state index contributed by atoms with van der Waals surface area (Å²) in [5, 5.41) is 2.90. The van der Waals surface area contributed by atoms with Crippen LogP contribution in [-0.4, -0.2) is 26.1 Å². The first-order valence-electron chi connectivity index (χ1n) is 9.73. The van der Waals surface area contributed by atoms with Crippen LogP contribution in [0.5, 0.6) is 5.75 Å². The van der Waals surface area contributed by atoms with Gasteiger partial charge in [0, 0.05) is 5.69 Å². The molecule has 1 fully saturated rings. The number of amides is 1. The Kier molecular flexibility index (Phi) is 6.37. The smallest absolute Gasteiger partial charge is 0.340 e. The number of ether oxygens (including phenoxy) is 2. The van der Waals surface area contributed by atoms with Crippen LogP contribution in [0.1, 0.15) is 49.0 Å². The molecule has 1 saturated carbocycles. The van der Waals surface area contributed by atoms with E-state index in [9.17, 15) is 9.59 Å². The zero-order valence-corrected chi connectivity index (χ0v) is 17.9. The Hall–Kier alpha value is -2.67. The number of hydrogen-bond donors (Lipinski definition) is 2. The first-order chi connectivity index (χ1) is 14.1. The van der Waals surface area contributed by atoms with Crippen molar-refractivity contribution >= 4 is 35.2 Å². The molecule has 2 aromatic rings. The van der Waals surface area contributed by atoms with Crippen LogP contribution in [-0.2, 0) is 14.9 Å². The monoisotopic (exact) mass is 414 g/mol. The second-order valence-electron chi connectivity index (χ2n) is 6.68. The van der Waals surface area contributed by atoms with Gasteiger partial charge in [-0.15, -0.1) is 0 Å². The number of esters is 1. The summed E-state index contributed by atoms with van der Waals surface area (Å²) < 4.78 is 13.6. The Morgan fingerprint density at radius 1 is 1.17 bits per heavy atom. The molecule has 154 valence electrons. The first-order valence-corrected chi connectivity index (χ1v) is 10.5. The summed E-state index contributed by atoms with van der Waals surface area (Å²) in [5.41, 5.74) is 2.07. The molecule has 2 aromatic carbocycles. The third-order valence-corrected chi connectivity index (χ3v) is 6.18. The Bertz CT molecular complexity index is 925.